The van der Waals surface area contributed by atoms with Crippen LogP contribution in [-0.4, -0.2) is 37.5 Å². The van der Waals surface area contributed by atoms with Gasteiger partial charge < -0.3 is 15.4 Å². The van der Waals surface area contributed by atoms with E-state index in [0.29, 0.717) is 36.4 Å². The van der Waals surface area contributed by atoms with Gasteiger partial charge in [-0.1, -0.05) is 42.5 Å². The van der Waals surface area contributed by atoms with Crippen molar-refractivity contribution in [2.24, 2.45) is 0 Å². The number of rotatable bonds is 5. The number of carbonyl (C=O) groups excluding carboxylic acids is 2. The van der Waals surface area contributed by atoms with Gasteiger partial charge in [0.25, 0.3) is 0 Å². The molecule has 0 aromatic heterocycles. The highest BCUT2D eigenvalue weighted by Crippen LogP contribution is 2.15. The second kappa shape index (κ2) is 7.86. The van der Waals surface area contributed by atoms with E-state index in [4.69, 9.17) is 4.74 Å². The molecule has 0 aliphatic carbocycles. The van der Waals surface area contributed by atoms with Crippen molar-refractivity contribution in [2.45, 2.75) is 12.5 Å². The monoisotopic (exact) mass is 324 g/mol. The van der Waals surface area contributed by atoms with Gasteiger partial charge in [-0.2, -0.15) is 0 Å². The molecule has 3 rings (SSSR count). The van der Waals surface area contributed by atoms with Gasteiger partial charge in [-0.05, 0) is 12.1 Å². The molecule has 1 aliphatic rings. The van der Waals surface area contributed by atoms with Crippen LogP contribution in [0.3, 0.4) is 0 Å². The molecule has 2 N–H and O–H groups in total. The minimum absolute atomic E-state index is 0.0351. The van der Waals surface area contributed by atoms with Crippen LogP contribution in [0.15, 0.2) is 54.6 Å². The first kappa shape index (κ1) is 16.4. The summed E-state index contributed by atoms with van der Waals surface area (Å²) in [5.74, 6) is -0.156. The van der Waals surface area contributed by atoms with Crippen LogP contribution in [0.4, 0.5) is 5.69 Å². The van der Waals surface area contributed by atoms with Crippen LogP contribution in [0.5, 0.6) is 0 Å². The van der Waals surface area contributed by atoms with Gasteiger partial charge in [-0.3, -0.25) is 9.59 Å². The van der Waals surface area contributed by atoms with Crippen molar-refractivity contribution in [1.29, 1.82) is 0 Å². The van der Waals surface area contributed by atoms with Gasteiger partial charge in [-0.25, -0.2) is 0 Å². The number of nitrogens with one attached hydrogen (secondary N) is 2. The maximum absolute atomic E-state index is 12.5. The molecule has 124 valence electrons. The summed E-state index contributed by atoms with van der Waals surface area (Å²) in [6.07, 6.45) is 0.344. The van der Waals surface area contributed by atoms with E-state index in [2.05, 4.69) is 10.6 Å². The van der Waals surface area contributed by atoms with E-state index in [0.717, 1.165) is 6.54 Å². The van der Waals surface area contributed by atoms with E-state index >= 15 is 0 Å². The Balaban J connectivity index is 1.64. The molecular weight excluding hydrogens is 304 g/mol. The fraction of sp³-hybridized carbons (Fsp3) is 0.263. The van der Waals surface area contributed by atoms with Crippen LogP contribution in [0.25, 0.3) is 0 Å². The van der Waals surface area contributed by atoms with Gasteiger partial charge in [0.15, 0.2) is 5.78 Å². The van der Waals surface area contributed by atoms with Crippen LogP contribution >= 0.6 is 0 Å². The third-order valence-electron chi connectivity index (χ3n) is 3.87. The van der Waals surface area contributed by atoms with Crippen molar-refractivity contribution in [3.63, 3.8) is 0 Å². The first-order valence-corrected chi connectivity index (χ1v) is 8.03. The number of carbonyl (C=O) groups is 2. The van der Waals surface area contributed by atoms with Gasteiger partial charge in [0.1, 0.15) is 0 Å². The lowest BCUT2D eigenvalue weighted by atomic mass is 10.0. The topological polar surface area (TPSA) is 67.4 Å². The predicted molar refractivity (Wildman–Crippen MR) is 92.2 cm³/mol. The zero-order valence-electron chi connectivity index (χ0n) is 13.3. The van der Waals surface area contributed by atoms with E-state index in [9.17, 15) is 9.59 Å². The molecule has 0 saturated carbocycles. The third-order valence-corrected chi connectivity index (χ3v) is 3.87. The fourth-order valence-electron chi connectivity index (χ4n) is 2.68. The van der Waals surface area contributed by atoms with Crippen molar-refractivity contribution < 1.29 is 14.3 Å². The van der Waals surface area contributed by atoms with Crippen LogP contribution in [0, 0.1) is 0 Å². The minimum atomic E-state index is -0.0951. The predicted octanol–water partition coefficient (Wildman–Crippen LogP) is 2.23. The largest absolute Gasteiger partial charge is 0.378 e. The molecule has 1 heterocycles. The third kappa shape index (κ3) is 4.28. The summed E-state index contributed by atoms with van der Waals surface area (Å²) in [4.78, 5) is 24.6. The number of ketones is 1. The molecule has 1 fully saturated rings. The lowest BCUT2D eigenvalue weighted by molar-refractivity contribution is -0.117. The Kier molecular flexibility index (Phi) is 5.36. The lowest BCUT2D eigenvalue weighted by Crippen LogP contribution is -2.43. The molecular formula is C19H20N2O3. The smallest absolute Gasteiger partial charge is 0.226 e. The van der Waals surface area contributed by atoms with Gasteiger partial charge in [0.2, 0.25) is 5.91 Å². The highest BCUT2D eigenvalue weighted by Gasteiger charge is 2.17. The summed E-state index contributed by atoms with van der Waals surface area (Å²) in [6, 6.07) is 16.1. The van der Waals surface area contributed by atoms with Crippen LogP contribution in [0.1, 0.15) is 22.3 Å². The van der Waals surface area contributed by atoms with Gasteiger partial charge >= 0.3 is 0 Å². The maximum Gasteiger partial charge on any atom is 0.226 e. The molecule has 0 radical (unpaired) electrons. The molecule has 1 saturated heterocycles. The lowest BCUT2D eigenvalue weighted by Gasteiger charge is -2.23. The Bertz CT molecular complexity index is 710. The molecule has 1 amide bonds. The molecule has 2 aromatic carbocycles. The number of hydrogen-bond donors (Lipinski definition) is 2. The van der Waals surface area contributed by atoms with Gasteiger partial charge in [0, 0.05) is 35.8 Å². The van der Waals surface area contributed by atoms with Gasteiger partial charge in [0.05, 0.1) is 13.2 Å². The quantitative estimate of drug-likeness (QED) is 0.828. The molecule has 24 heavy (non-hydrogen) atoms. The van der Waals surface area contributed by atoms with Crippen LogP contribution < -0.4 is 10.6 Å². The first-order valence-electron chi connectivity index (χ1n) is 8.03. The first-order chi connectivity index (χ1) is 11.7. The summed E-state index contributed by atoms with van der Waals surface area (Å²) in [6.45, 7) is 1.99. The molecule has 1 aliphatic heterocycles. The Morgan fingerprint density at radius 3 is 2.62 bits per heavy atom. The molecule has 1 unspecified atom stereocenters. The Labute approximate surface area is 141 Å². The highest BCUT2D eigenvalue weighted by molar-refractivity contribution is 6.09. The van der Waals surface area contributed by atoms with Crippen molar-refractivity contribution >= 4 is 17.4 Å². The molecule has 0 spiro atoms. The maximum atomic E-state index is 12.5. The number of anilines is 1. The SMILES string of the molecule is O=C(CC1COCCN1)Nc1cccc(C(=O)c2ccccc2)c1. The minimum Gasteiger partial charge on any atom is -0.378 e. The van der Waals surface area contributed by atoms with E-state index in [1.54, 1.807) is 36.4 Å². The Morgan fingerprint density at radius 2 is 1.88 bits per heavy atom. The van der Waals surface area contributed by atoms with Crippen molar-refractivity contribution in [1.82, 2.24) is 5.32 Å². The van der Waals surface area contributed by atoms with Gasteiger partial charge in [-0.15, -0.1) is 0 Å². The summed E-state index contributed by atoms with van der Waals surface area (Å²) < 4.78 is 5.35. The number of ether oxygens (including phenoxy) is 1. The summed E-state index contributed by atoms with van der Waals surface area (Å²) in [5, 5.41) is 6.10. The molecule has 5 nitrogen and oxygen atoms in total. The summed E-state index contributed by atoms with van der Waals surface area (Å²) in [7, 11) is 0. The van der Waals surface area contributed by atoms with E-state index < -0.39 is 0 Å². The van der Waals surface area contributed by atoms with Crippen LogP contribution in [-0.2, 0) is 9.53 Å². The van der Waals surface area contributed by atoms with Crippen molar-refractivity contribution in [2.75, 3.05) is 25.1 Å². The fourth-order valence-corrected chi connectivity index (χ4v) is 2.68. The second-order valence-electron chi connectivity index (χ2n) is 5.75. The second-order valence-corrected chi connectivity index (χ2v) is 5.75. The molecule has 2 aromatic rings. The molecule has 1 atom stereocenters. The number of morpholine rings is 1. The number of hydrogen-bond acceptors (Lipinski definition) is 4. The molecule has 5 heteroatoms. The average Bonchev–Trinajstić information content (AvgIpc) is 2.63. The van der Waals surface area contributed by atoms with Crippen molar-refractivity contribution in [3.05, 3.63) is 65.7 Å². The summed E-state index contributed by atoms with van der Waals surface area (Å²) >= 11 is 0. The Hall–Kier alpha value is -2.50. The number of benzene rings is 2. The summed E-state index contributed by atoms with van der Waals surface area (Å²) in [5.41, 5.74) is 1.81. The Morgan fingerprint density at radius 1 is 1.08 bits per heavy atom. The molecule has 0 bridgehead atoms. The standard InChI is InChI=1S/C19H20N2O3/c22-18(12-17-13-24-10-9-20-17)21-16-8-4-7-15(11-16)19(23)14-5-2-1-3-6-14/h1-8,11,17,20H,9-10,12-13H2,(H,21,22). The van der Waals surface area contributed by atoms with E-state index in [1.165, 1.54) is 0 Å². The zero-order chi connectivity index (χ0) is 16.8. The number of amides is 1. The zero-order valence-corrected chi connectivity index (χ0v) is 13.3. The van der Waals surface area contributed by atoms with E-state index in [1.807, 2.05) is 18.2 Å². The van der Waals surface area contributed by atoms with E-state index in [-0.39, 0.29) is 17.7 Å². The normalized spacial score (nSPS) is 17.2. The highest BCUT2D eigenvalue weighted by atomic mass is 16.5. The van der Waals surface area contributed by atoms with Crippen LogP contribution in [0.2, 0.25) is 0 Å². The van der Waals surface area contributed by atoms with Crippen molar-refractivity contribution in [3.8, 4) is 0 Å². The average molecular weight is 324 g/mol.